The van der Waals surface area contributed by atoms with Crippen molar-refractivity contribution in [2.45, 2.75) is 6.92 Å². The van der Waals surface area contributed by atoms with Crippen LogP contribution in [0.15, 0.2) is 65.8 Å². The summed E-state index contributed by atoms with van der Waals surface area (Å²) in [5.41, 5.74) is 6.07. The Morgan fingerprint density at radius 3 is 2.67 bits per heavy atom. The monoisotopic (exact) mass is 293 g/mol. The third kappa shape index (κ3) is 3.55. The number of hydrogen-bond donors (Lipinski definition) is 1. The summed E-state index contributed by atoms with van der Waals surface area (Å²) < 4.78 is 1.16. The Morgan fingerprint density at radius 2 is 1.86 bits per heavy atom. The molecular weight excluding hydrogens is 278 g/mol. The van der Waals surface area contributed by atoms with Crippen molar-refractivity contribution in [3.8, 4) is 0 Å². The van der Waals surface area contributed by atoms with Crippen LogP contribution in [0.5, 0.6) is 0 Å². The van der Waals surface area contributed by atoms with Gasteiger partial charge in [0, 0.05) is 0 Å². The fourth-order valence-corrected chi connectivity index (χ4v) is 2.68. The number of para-hydroxylation sites is 1. The maximum atomic E-state index is 4.48. The third-order valence-corrected chi connectivity index (χ3v) is 3.88. The van der Waals surface area contributed by atoms with Gasteiger partial charge in [-0.3, -0.25) is 5.43 Å². The van der Waals surface area contributed by atoms with Crippen molar-refractivity contribution >= 4 is 38.5 Å². The van der Waals surface area contributed by atoms with Crippen LogP contribution in [0.2, 0.25) is 0 Å². The van der Waals surface area contributed by atoms with Crippen LogP contribution >= 0.6 is 11.3 Å². The quantitative estimate of drug-likeness (QED) is 0.554. The molecule has 4 heteroatoms. The van der Waals surface area contributed by atoms with Crippen molar-refractivity contribution in [2.24, 2.45) is 5.10 Å². The van der Waals surface area contributed by atoms with Crippen LogP contribution in [0, 0.1) is 0 Å². The van der Waals surface area contributed by atoms with Gasteiger partial charge in [-0.1, -0.05) is 59.9 Å². The van der Waals surface area contributed by atoms with Gasteiger partial charge >= 0.3 is 0 Å². The molecule has 0 fully saturated rings. The first-order valence-corrected chi connectivity index (χ1v) is 7.52. The fourth-order valence-electron chi connectivity index (χ4n) is 1.87. The van der Waals surface area contributed by atoms with Crippen molar-refractivity contribution < 1.29 is 0 Å². The lowest BCUT2D eigenvalue weighted by Gasteiger charge is -1.95. The molecule has 3 rings (SSSR count). The van der Waals surface area contributed by atoms with Crippen LogP contribution < -0.4 is 5.43 Å². The zero-order valence-corrected chi connectivity index (χ0v) is 12.5. The van der Waals surface area contributed by atoms with Gasteiger partial charge in [-0.05, 0) is 30.7 Å². The normalized spacial score (nSPS) is 12.1. The molecule has 0 unspecified atom stereocenters. The molecule has 0 aliphatic rings. The molecule has 0 atom stereocenters. The van der Waals surface area contributed by atoms with E-state index in [1.54, 1.807) is 11.3 Å². The number of hydrazone groups is 1. The van der Waals surface area contributed by atoms with Crippen LogP contribution in [-0.2, 0) is 0 Å². The molecular formula is C17H15N3S. The topological polar surface area (TPSA) is 37.3 Å². The fraction of sp³-hybridized carbons (Fsp3) is 0.0588. The molecule has 104 valence electrons. The Hall–Kier alpha value is -2.46. The second-order valence-electron chi connectivity index (χ2n) is 4.60. The van der Waals surface area contributed by atoms with Gasteiger partial charge in [-0.15, -0.1) is 0 Å². The van der Waals surface area contributed by atoms with E-state index < -0.39 is 0 Å². The van der Waals surface area contributed by atoms with Gasteiger partial charge in [0.15, 0.2) is 0 Å². The second-order valence-corrected chi connectivity index (χ2v) is 5.63. The number of aromatic nitrogens is 1. The third-order valence-electron chi connectivity index (χ3n) is 2.94. The number of hydrogen-bond acceptors (Lipinski definition) is 4. The maximum absolute atomic E-state index is 4.48. The largest absolute Gasteiger partial charge is 0.252 e. The van der Waals surface area contributed by atoms with E-state index in [1.807, 2.05) is 55.5 Å². The number of anilines is 1. The molecule has 0 radical (unpaired) electrons. The van der Waals surface area contributed by atoms with Gasteiger partial charge in [-0.25, -0.2) is 4.98 Å². The van der Waals surface area contributed by atoms with E-state index >= 15 is 0 Å². The summed E-state index contributed by atoms with van der Waals surface area (Å²) in [5, 5.41) is 5.14. The minimum absolute atomic E-state index is 0.809. The van der Waals surface area contributed by atoms with Crippen LogP contribution in [0.1, 0.15) is 12.5 Å². The lowest BCUT2D eigenvalue weighted by molar-refractivity contribution is 1.30. The highest BCUT2D eigenvalue weighted by molar-refractivity contribution is 7.22. The van der Waals surface area contributed by atoms with Gasteiger partial charge < -0.3 is 0 Å². The maximum Gasteiger partial charge on any atom is 0.204 e. The number of rotatable bonds is 4. The van der Waals surface area contributed by atoms with Gasteiger partial charge in [0.1, 0.15) is 0 Å². The Morgan fingerprint density at radius 1 is 1.10 bits per heavy atom. The summed E-state index contributed by atoms with van der Waals surface area (Å²) in [4.78, 5) is 4.48. The average Bonchev–Trinajstić information content (AvgIpc) is 2.95. The zero-order chi connectivity index (χ0) is 14.5. The molecule has 0 aliphatic heterocycles. The van der Waals surface area contributed by atoms with E-state index in [4.69, 9.17) is 0 Å². The molecule has 2 aromatic carbocycles. The van der Waals surface area contributed by atoms with E-state index in [0.29, 0.717) is 0 Å². The summed E-state index contributed by atoms with van der Waals surface area (Å²) in [5.74, 6) is 0. The number of thiazole rings is 1. The van der Waals surface area contributed by atoms with Gasteiger partial charge in [-0.2, -0.15) is 5.10 Å². The average molecular weight is 293 g/mol. The van der Waals surface area contributed by atoms with Crippen LogP contribution in [-0.4, -0.2) is 10.7 Å². The minimum atomic E-state index is 0.809. The molecule has 0 aliphatic carbocycles. The highest BCUT2D eigenvalue weighted by Gasteiger charge is 2.00. The molecule has 21 heavy (non-hydrogen) atoms. The predicted molar refractivity (Wildman–Crippen MR) is 91.8 cm³/mol. The molecule has 0 amide bonds. The summed E-state index contributed by atoms with van der Waals surface area (Å²) in [6, 6.07) is 18.2. The van der Waals surface area contributed by atoms with Crippen molar-refractivity contribution in [3.05, 3.63) is 66.2 Å². The lowest BCUT2D eigenvalue weighted by atomic mass is 10.2. The lowest BCUT2D eigenvalue weighted by Crippen LogP contribution is -1.93. The summed E-state index contributed by atoms with van der Waals surface area (Å²) >= 11 is 1.60. The molecule has 0 saturated carbocycles. The van der Waals surface area contributed by atoms with Crippen LogP contribution in [0.4, 0.5) is 5.13 Å². The first kappa shape index (κ1) is 13.5. The number of benzene rings is 2. The molecule has 0 saturated heterocycles. The Bertz CT molecular complexity index is 755. The first-order valence-electron chi connectivity index (χ1n) is 6.70. The summed E-state index contributed by atoms with van der Waals surface area (Å²) in [6.45, 7) is 1.96. The van der Waals surface area contributed by atoms with E-state index in [-0.39, 0.29) is 0 Å². The number of allylic oxidation sites excluding steroid dienone is 1. The first-order chi connectivity index (χ1) is 10.3. The predicted octanol–water partition coefficient (Wildman–Crippen LogP) is 4.80. The van der Waals surface area contributed by atoms with Crippen molar-refractivity contribution in [3.63, 3.8) is 0 Å². The Balaban J connectivity index is 1.69. The van der Waals surface area contributed by atoms with E-state index in [9.17, 15) is 0 Å². The summed E-state index contributed by atoms with van der Waals surface area (Å²) in [7, 11) is 0. The number of nitrogens with zero attached hydrogens (tertiary/aromatic N) is 2. The summed E-state index contributed by atoms with van der Waals surface area (Å²) in [6.07, 6.45) is 4.02. The molecule has 0 spiro atoms. The SMILES string of the molecule is CC(C=Cc1ccccc1)=NNc1nc2ccccc2s1. The molecule has 3 nitrogen and oxygen atoms in total. The molecule has 1 aromatic heterocycles. The second kappa shape index (κ2) is 6.33. The zero-order valence-electron chi connectivity index (χ0n) is 11.7. The van der Waals surface area contributed by atoms with Crippen LogP contribution in [0.3, 0.4) is 0 Å². The van der Waals surface area contributed by atoms with Crippen molar-refractivity contribution in [1.82, 2.24) is 4.98 Å². The Labute approximate surface area is 127 Å². The number of nitrogens with one attached hydrogen (secondary N) is 1. The van der Waals surface area contributed by atoms with E-state index in [1.165, 1.54) is 0 Å². The highest BCUT2D eigenvalue weighted by Crippen LogP contribution is 2.25. The van der Waals surface area contributed by atoms with E-state index in [2.05, 4.69) is 33.7 Å². The van der Waals surface area contributed by atoms with Gasteiger partial charge in [0.2, 0.25) is 5.13 Å². The Kier molecular flexibility index (Phi) is 4.07. The van der Waals surface area contributed by atoms with Gasteiger partial charge in [0.05, 0.1) is 15.9 Å². The molecule has 0 bridgehead atoms. The molecule has 1 N–H and O–H groups in total. The molecule has 3 aromatic rings. The molecule has 1 heterocycles. The van der Waals surface area contributed by atoms with Crippen molar-refractivity contribution in [1.29, 1.82) is 0 Å². The van der Waals surface area contributed by atoms with E-state index in [0.717, 1.165) is 26.6 Å². The van der Waals surface area contributed by atoms with Crippen molar-refractivity contribution in [2.75, 3.05) is 5.43 Å². The highest BCUT2D eigenvalue weighted by atomic mass is 32.1. The minimum Gasteiger partial charge on any atom is -0.252 e. The van der Waals surface area contributed by atoms with Gasteiger partial charge in [0.25, 0.3) is 0 Å². The number of fused-ring (bicyclic) bond motifs is 1. The standard InChI is InChI=1S/C17H15N3S/c1-13(11-12-14-7-3-2-4-8-14)19-20-17-18-15-9-5-6-10-16(15)21-17/h2-12H,1H3,(H,18,20). The van der Waals surface area contributed by atoms with Crippen LogP contribution in [0.25, 0.3) is 16.3 Å². The smallest absolute Gasteiger partial charge is 0.204 e.